The second-order valence-electron chi connectivity index (χ2n) is 5.58. The molecule has 1 saturated heterocycles. The van der Waals surface area contributed by atoms with Crippen LogP contribution in [0, 0.1) is 5.92 Å². The summed E-state index contributed by atoms with van der Waals surface area (Å²) in [5.41, 5.74) is 2.51. The summed E-state index contributed by atoms with van der Waals surface area (Å²) < 4.78 is 0. The van der Waals surface area contributed by atoms with Crippen LogP contribution in [0.2, 0.25) is 0 Å². The number of nitrogens with zero attached hydrogens (tertiary/aromatic N) is 2. The molecule has 1 atom stereocenters. The zero-order valence-electron chi connectivity index (χ0n) is 11.7. The summed E-state index contributed by atoms with van der Waals surface area (Å²) >= 11 is 4.28. The van der Waals surface area contributed by atoms with Gasteiger partial charge in [-0.25, -0.2) is 0 Å². The highest BCUT2D eigenvalue weighted by molar-refractivity contribution is 7.80. The van der Waals surface area contributed by atoms with Gasteiger partial charge in [0.15, 0.2) is 0 Å². The van der Waals surface area contributed by atoms with Crippen LogP contribution in [0.15, 0.2) is 24.3 Å². The number of hydrogen-bond donors (Lipinski definition) is 1. The first-order chi connectivity index (χ1) is 9.08. The predicted molar refractivity (Wildman–Crippen MR) is 81.2 cm³/mol. The number of carbonyl (C=O) groups excluding carboxylic acids is 1. The fourth-order valence-electron chi connectivity index (χ4n) is 2.46. The molecule has 0 aliphatic carbocycles. The summed E-state index contributed by atoms with van der Waals surface area (Å²) in [6.45, 7) is 2.53. The minimum Gasteiger partial charge on any atom is -0.338 e. The Labute approximate surface area is 121 Å². The lowest BCUT2D eigenvalue weighted by Gasteiger charge is -2.17. The molecule has 0 aromatic heterocycles. The van der Waals surface area contributed by atoms with Crippen molar-refractivity contribution >= 4 is 18.5 Å². The topological polar surface area (TPSA) is 23.6 Å². The van der Waals surface area contributed by atoms with Crippen molar-refractivity contribution < 1.29 is 4.79 Å². The van der Waals surface area contributed by atoms with Crippen molar-refractivity contribution in [2.75, 3.05) is 26.4 Å². The van der Waals surface area contributed by atoms with E-state index < -0.39 is 0 Å². The number of benzene rings is 1. The third-order valence-electron chi connectivity index (χ3n) is 3.45. The van der Waals surface area contributed by atoms with Crippen molar-refractivity contribution in [2.45, 2.75) is 19.5 Å². The Balaban J connectivity index is 1.94. The standard InChI is InChI=1S/C15H22N2OS/c1-16(2)8-12-3-5-13(6-4-12)9-17-10-14(11-19)7-15(17)18/h3-6,14,19H,7-11H2,1-2H3. The number of amides is 1. The average molecular weight is 278 g/mol. The molecule has 0 bridgehead atoms. The summed E-state index contributed by atoms with van der Waals surface area (Å²) in [7, 11) is 4.13. The molecule has 0 radical (unpaired) electrons. The predicted octanol–water partition coefficient (Wildman–Crippen LogP) is 2.03. The molecule has 3 nitrogen and oxygen atoms in total. The molecular formula is C15H22N2OS. The molecule has 104 valence electrons. The molecule has 1 heterocycles. The normalized spacial score (nSPS) is 19.5. The second-order valence-corrected chi connectivity index (χ2v) is 5.95. The summed E-state index contributed by atoms with van der Waals surface area (Å²) in [4.78, 5) is 15.9. The molecule has 1 amide bonds. The van der Waals surface area contributed by atoms with E-state index in [1.807, 2.05) is 4.90 Å². The molecule has 0 spiro atoms. The maximum absolute atomic E-state index is 11.8. The number of thiol groups is 1. The third kappa shape index (κ3) is 3.98. The van der Waals surface area contributed by atoms with Crippen molar-refractivity contribution in [3.05, 3.63) is 35.4 Å². The van der Waals surface area contributed by atoms with E-state index in [-0.39, 0.29) is 5.91 Å². The van der Waals surface area contributed by atoms with Crippen LogP contribution in [0.5, 0.6) is 0 Å². The van der Waals surface area contributed by atoms with E-state index in [0.717, 1.165) is 25.4 Å². The molecule has 19 heavy (non-hydrogen) atoms. The zero-order chi connectivity index (χ0) is 13.8. The van der Waals surface area contributed by atoms with E-state index in [0.29, 0.717) is 12.3 Å². The van der Waals surface area contributed by atoms with Gasteiger partial charge in [-0.15, -0.1) is 0 Å². The third-order valence-corrected chi connectivity index (χ3v) is 3.96. The van der Waals surface area contributed by atoms with E-state index >= 15 is 0 Å². The molecule has 4 heteroatoms. The maximum Gasteiger partial charge on any atom is 0.223 e. The van der Waals surface area contributed by atoms with Crippen LogP contribution >= 0.6 is 12.6 Å². The van der Waals surface area contributed by atoms with E-state index in [9.17, 15) is 4.79 Å². The van der Waals surface area contributed by atoms with Crippen LogP contribution in [0.3, 0.4) is 0 Å². The lowest BCUT2D eigenvalue weighted by molar-refractivity contribution is -0.128. The largest absolute Gasteiger partial charge is 0.338 e. The molecule has 0 N–H and O–H groups in total. The van der Waals surface area contributed by atoms with E-state index in [4.69, 9.17) is 0 Å². The summed E-state index contributed by atoms with van der Waals surface area (Å²) in [5.74, 6) is 1.48. The first-order valence-corrected chi connectivity index (χ1v) is 7.33. The van der Waals surface area contributed by atoms with Gasteiger partial charge in [-0.3, -0.25) is 4.79 Å². The maximum atomic E-state index is 11.8. The Morgan fingerprint density at radius 2 is 1.89 bits per heavy atom. The molecule has 1 aromatic carbocycles. The minimum absolute atomic E-state index is 0.261. The minimum atomic E-state index is 0.261. The molecule has 1 aromatic rings. The summed E-state index contributed by atoms with van der Waals surface area (Å²) in [6.07, 6.45) is 0.655. The van der Waals surface area contributed by atoms with Crippen LogP contribution in [-0.2, 0) is 17.9 Å². The van der Waals surface area contributed by atoms with Crippen LogP contribution in [0.25, 0.3) is 0 Å². The quantitative estimate of drug-likeness (QED) is 0.833. The lowest BCUT2D eigenvalue weighted by Crippen LogP contribution is -2.24. The summed E-state index contributed by atoms with van der Waals surface area (Å²) in [6, 6.07) is 8.54. The first-order valence-electron chi connectivity index (χ1n) is 6.69. The van der Waals surface area contributed by atoms with E-state index in [1.54, 1.807) is 0 Å². The Morgan fingerprint density at radius 1 is 1.26 bits per heavy atom. The van der Waals surface area contributed by atoms with Crippen molar-refractivity contribution in [3.8, 4) is 0 Å². The van der Waals surface area contributed by atoms with Gasteiger partial charge in [-0.05, 0) is 36.9 Å². The Bertz CT molecular complexity index is 430. The number of hydrogen-bond acceptors (Lipinski definition) is 3. The highest BCUT2D eigenvalue weighted by Crippen LogP contribution is 2.21. The second kappa shape index (κ2) is 6.44. The van der Waals surface area contributed by atoms with Crippen LogP contribution in [0.4, 0.5) is 0 Å². The van der Waals surface area contributed by atoms with Gasteiger partial charge >= 0.3 is 0 Å². The van der Waals surface area contributed by atoms with Gasteiger partial charge in [0.05, 0.1) is 0 Å². The number of carbonyl (C=O) groups is 1. The van der Waals surface area contributed by atoms with Crippen molar-refractivity contribution in [3.63, 3.8) is 0 Å². The van der Waals surface area contributed by atoms with Crippen LogP contribution in [-0.4, -0.2) is 42.1 Å². The molecule has 0 saturated carbocycles. The first kappa shape index (κ1) is 14.4. The molecule has 1 unspecified atom stereocenters. The SMILES string of the molecule is CN(C)Cc1ccc(CN2CC(CS)CC2=O)cc1. The highest BCUT2D eigenvalue weighted by Gasteiger charge is 2.28. The monoisotopic (exact) mass is 278 g/mol. The van der Waals surface area contributed by atoms with Gasteiger partial charge in [0.2, 0.25) is 5.91 Å². The molecule has 2 rings (SSSR count). The smallest absolute Gasteiger partial charge is 0.223 e. The summed E-state index contributed by atoms with van der Waals surface area (Å²) in [5, 5.41) is 0. The van der Waals surface area contributed by atoms with Gasteiger partial charge in [0.1, 0.15) is 0 Å². The zero-order valence-corrected chi connectivity index (χ0v) is 12.6. The fourth-order valence-corrected chi connectivity index (χ4v) is 2.71. The highest BCUT2D eigenvalue weighted by atomic mass is 32.1. The van der Waals surface area contributed by atoms with Gasteiger partial charge in [-0.1, -0.05) is 24.3 Å². The van der Waals surface area contributed by atoms with Crippen molar-refractivity contribution in [1.29, 1.82) is 0 Å². The van der Waals surface area contributed by atoms with Gasteiger partial charge < -0.3 is 9.80 Å². The fraction of sp³-hybridized carbons (Fsp3) is 0.533. The van der Waals surface area contributed by atoms with Crippen molar-refractivity contribution in [2.24, 2.45) is 5.92 Å². The molecule has 1 fully saturated rings. The van der Waals surface area contributed by atoms with Gasteiger partial charge in [-0.2, -0.15) is 12.6 Å². The molecular weight excluding hydrogens is 256 g/mol. The average Bonchev–Trinajstić information content (AvgIpc) is 2.72. The Kier molecular flexibility index (Phi) is 4.88. The van der Waals surface area contributed by atoms with E-state index in [1.165, 1.54) is 11.1 Å². The van der Waals surface area contributed by atoms with E-state index in [2.05, 4.69) is 55.9 Å². The molecule has 1 aliphatic heterocycles. The van der Waals surface area contributed by atoms with Crippen LogP contribution in [0.1, 0.15) is 17.5 Å². The van der Waals surface area contributed by atoms with Crippen molar-refractivity contribution in [1.82, 2.24) is 9.80 Å². The lowest BCUT2D eigenvalue weighted by atomic mass is 10.1. The Morgan fingerprint density at radius 3 is 2.42 bits per heavy atom. The molecule has 1 aliphatic rings. The number of rotatable bonds is 5. The number of likely N-dealkylation sites (tertiary alicyclic amines) is 1. The van der Waals surface area contributed by atoms with Gasteiger partial charge in [0, 0.05) is 26.1 Å². The van der Waals surface area contributed by atoms with Gasteiger partial charge in [0.25, 0.3) is 0 Å². The Hall–Kier alpha value is -1.00. The van der Waals surface area contributed by atoms with Crippen LogP contribution < -0.4 is 0 Å².